The number of nitrogens with two attached hydrogens (primary N) is 1. The van der Waals surface area contributed by atoms with E-state index in [0.717, 1.165) is 0 Å². The fraction of sp³-hybridized carbons (Fsp3) is 0.818. The first-order chi connectivity index (χ1) is 7.09. The zero-order valence-electron chi connectivity index (χ0n) is 10.5. The molecule has 5 nitrogen and oxygen atoms in total. The van der Waals surface area contributed by atoms with Crippen LogP contribution in [0, 0.1) is 5.41 Å². The number of aliphatic carboxylic acids is 1. The molecule has 1 amide bonds. The molecule has 0 spiro atoms. The lowest BCUT2D eigenvalue weighted by atomic mass is 9.74. The Morgan fingerprint density at radius 2 is 1.75 bits per heavy atom. The van der Waals surface area contributed by atoms with Gasteiger partial charge < -0.3 is 16.2 Å². The van der Waals surface area contributed by atoms with E-state index in [2.05, 4.69) is 5.32 Å². The summed E-state index contributed by atoms with van der Waals surface area (Å²) in [5, 5.41) is 11.1. The highest BCUT2D eigenvalue weighted by Gasteiger charge is 2.40. The first-order valence-corrected chi connectivity index (χ1v) is 5.38. The van der Waals surface area contributed by atoms with Gasteiger partial charge in [-0.25, -0.2) is 0 Å². The minimum absolute atomic E-state index is 0.0622. The van der Waals surface area contributed by atoms with Crippen molar-refractivity contribution in [3.63, 3.8) is 0 Å². The van der Waals surface area contributed by atoms with Gasteiger partial charge in [-0.15, -0.1) is 0 Å². The summed E-state index contributed by atoms with van der Waals surface area (Å²) in [6.07, 6.45) is 0.495. The molecule has 0 bridgehead atoms. The van der Waals surface area contributed by atoms with Crippen molar-refractivity contribution >= 4 is 11.9 Å². The molecular weight excluding hydrogens is 208 g/mol. The Morgan fingerprint density at radius 1 is 1.25 bits per heavy atom. The van der Waals surface area contributed by atoms with Crippen molar-refractivity contribution in [2.45, 2.75) is 46.1 Å². The van der Waals surface area contributed by atoms with E-state index in [0.29, 0.717) is 13.0 Å². The van der Waals surface area contributed by atoms with Gasteiger partial charge in [0.15, 0.2) is 0 Å². The Kier molecular flexibility index (Phi) is 4.93. The molecule has 0 saturated heterocycles. The summed E-state index contributed by atoms with van der Waals surface area (Å²) in [5.41, 5.74) is 4.61. The summed E-state index contributed by atoms with van der Waals surface area (Å²) in [5.74, 6) is -1.00. The van der Waals surface area contributed by atoms with Gasteiger partial charge in [0.05, 0.1) is 5.41 Å². The summed E-state index contributed by atoms with van der Waals surface area (Å²) in [7, 11) is 0. The summed E-state index contributed by atoms with van der Waals surface area (Å²) in [6, 6.07) is 0. The van der Waals surface area contributed by atoms with Crippen molar-refractivity contribution in [3.05, 3.63) is 0 Å². The van der Waals surface area contributed by atoms with E-state index in [1.165, 1.54) is 0 Å². The van der Waals surface area contributed by atoms with Crippen LogP contribution in [-0.4, -0.2) is 29.1 Å². The summed E-state index contributed by atoms with van der Waals surface area (Å²) < 4.78 is 0. The van der Waals surface area contributed by atoms with Crippen LogP contribution in [0.3, 0.4) is 0 Å². The van der Waals surface area contributed by atoms with E-state index in [1.807, 2.05) is 0 Å². The third kappa shape index (κ3) is 4.18. The van der Waals surface area contributed by atoms with E-state index in [4.69, 9.17) is 10.8 Å². The lowest BCUT2D eigenvalue weighted by Crippen LogP contribution is -2.55. The Labute approximate surface area is 96.4 Å². The van der Waals surface area contributed by atoms with Gasteiger partial charge in [0.2, 0.25) is 5.91 Å². The Morgan fingerprint density at radius 3 is 2.12 bits per heavy atom. The maximum Gasteiger partial charge on any atom is 0.303 e. The summed E-state index contributed by atoms with van der Waals surface area (Å²) >= 11 is 0. The normalized spacial score (nSPS) is 12.3. The molecule has 0 atom stereocenters. The van der Waals surface area contributed by atoms with E-state index in [-0.39, 0.29) is 12.3 Å². The lowest BCUT2D eigenvalue weighted by Gasteiger charge is -2.36. The van der Waals surface area contributed by atoms with Crippen molar-refractivity contribution in [2.75, 3.05) is 6.54 Å². The number of carbonyl (C=O) groups excluding carboxylic acids is 1. The average Bonchev–Trinajstić information content (AvgIpc) is 2.09. The van der Waals surface area contributed by atoms with Crippen molar-refractivity contribution < 1.29 is 14.7 Å². The minimum atomic E-state index is -0.854. The minimum Gasteiger partial charge on any atom is -0.481 e. The largest absolute Gasteiger partial charge is 0.481 e. The predicted octanol–water partition coefficient (Wildman–Crippen LogP) is 0.731. The molecule has 0 fully saturated rings. The topological polar surface area (TPSA) is 92.4 Å². The Bertz CT molecular complexity index is 267. The molecule has 16 heavy (non-hydrogen) atoms. The van der Waals surface area contributed by atoms with E-state index >= 15 is 0 Å². The van der Waals surface area contributed by atoms with Crippen LogP contribution in [0.25, 0.3) is 0 Å². The monoisotopic (exact) mass is 230 g/mol. The zero-order valence-corrected chi connectivity index (χ0v) is 10.5. The van der Waals surface area contributed by atoms with Crippen molar-refractivity contribution in [1.29, 1.82) is 0 Å². The van der Waals surface area contributed by atoms with E-state index < -0.39 is 16.9 Å². The molecule has 0 heterocycles. The van der Waals surface area contributed by atoms with Gasteiger partial charge in [0, 0.05) is 18.5 Å². The number of amides is 1. The van der Waals surface area contributed by atoms with Gasteiger partial charge in [0.1, 0.15) is 0 Å². The van der Waals surface area contributed by atoms with Gasteiger partial charge in [-0.2, -0.15) is 0 Å². The van der Waals surface area contributed by atoms with Crippen LogP contribution < -0.4 is 11.1 Å². The third-order valence-electron chi connectivity index (χ3n) is 3.03. The Balaban J connectivity index is 4.12. The van der Waals surface area contributed by atoms with Crippen LogP contribution in [0.1, 0.15) is 40.5 Å². The molecule has 0 aromatic heterocycles. The van der Waals surface area contributed by atoms with Crippen molar-refractivity contribution in [2.24, 2.45) is 11.1 Å². The number of carboxylic acids is 1. The second-order valence-electron chi connectivity index (χ2n) is 5.10. The molecule has 0 aromatic carbocycles. The predicted molar refractivity (Wildman–Crippen MR) is 61.9 cm³/mol. The molecular formula is C11H22N2O3. The molecule has 0 unspecified atom stereocenters. The van der Waals surface area contributed by atoms with Crippen LogP contribution in [0.2, 0.25) is 0 Å². The van der Waals surface area contributed by atoms with Crippen LogP contribution in [0.5, 0.6) is 0 Å². The highest BCUT2D eigenvalue weighted by atomic mass is 16.4. The fourth-order valence-corrected chi connectivity index (χ4v) is 0.955. The summed E-state index contributed by atoms with van der Waals surface area (Å²) in [6.45, 7) is 7.51. The first-order valence-electron chi connectivity index (χ1n) is 5.38. The van der Waals surface area contributed by atoms with Gasteiger partial charge in [-0.3, -0.25) is 9.59 Å². The van der Waals surface area contributed by atoms with E-state index in [1.54, 1.807) is 27.7 Å². The third-order valence-corrected chi connectivity index (χ3v) is 3.03. The molecule has 5 heteroatoms. The van der Waals surface area contributed by atoms with Crippen molar-refractivity contribution in [1.82, 2.24) is 5.32 Å². The molecule has 4 N–H and O–H groups in total. The van der Waals surface area contributed by atoms with Crippen LogP contribution >= 0.6 is 0 Å². The van der Waals surface area contributed by atoms with Gasteiger partial charge >= 0.3 is 5.97 Å². The van der Waals surface area contributed by atoms with Gasteiger partial charge in [-0.1, -0.05) is 0 Å². The van der Waals surface area contributed by atoms with Crippen LogP contribution in [-0.2, 0) is 9.59 Å². The molecule has 0 aliphatic rings. The zero-order chi connectivity index (χ0) is 13.0. The molecule has 0 aliphatic heterocycles. The maximum absolute atomic E-state index is 11.8. The first kappa shape index (κ1) is 14.9. The molecule has 0 aliphatic carbocycles. The molecule has 0 radical (unpaired) electrons. The Hall–Kier alpha value is -1.10. The smallest absolute Gasteiger partial charge is 0.303 e. The number of nitrogens with one attached hydrogen (secondary N) is 1. The average molecular weight is 230 g/mol. The number of carbonyl (C=O) groups is 2. The fourth-order valence-electron chi connectivity index (χ4n) is 0.955. The number of carboxylic acid groups (broad SMARTS) is 1. The van der Waals surface area contributed by atoms with Crippen molar-refractivity contribution in [3.8, 4) is 0 Å². The maximum atomic E-state index is 11.8. The van der Waals surface area contributed by atoms with Gasteiger partial charge in [0.25, 0.3) is 0 Å². The molecule has 0 rings (SSSR count). The van der Waals surface area contributed by atoms with Gasteiger partial charge in [-0.05, 0) is 34.1 Å². The molecule has 94 valence electrons. The SMILES string of the molecule is CC(C)(N)C(C)(C)C(=O)NCCCC(=O)O. The summed E-state index contributed by atoms with van der Waals surface area (Å²) in [4.78, 5) is 22.1. The van der Waals surface area contributed by atoms with E-state index in [9.17, 15) is 9.59 Å². The second-order valence-corrected chi connectivity index (χ2v) is 5.10. The van der Waals surface area contributed by atoms with Crippen LogP contribution in [0.4, 0.5) is 0 Å². The van der Waals surface area contributed by atoms with Crippen LogP contribution in [0.15, 0.2) is 0 Å². The highest BCUT2D eigenvalue weighted by molar-refractivity contribution is 5.83. The standard InChI is InChI=1S/C11H22N2O3/c1-10(2,11(3,4)12)9(16)13-7-5-6-8(14)15/h5-7,12H2,1-4H3,(H,13,16)(H,14,15). The quantitative estimate of drug-likeness (QED) is 0.586. The number of hydrogen-bond donors (Lipinski definition) is 3. The lowest BCUT2D eigenvalue weighted by molar-refractivity contribution is -0.137. The molecule has 0 saturated carbocycles. The molecule has 0 aromatic rings. The highest BCUT2D eigenvalue weighted by Crippen LogP contribution is 2.28. The second kappa shape index (κ2) is 5.30. The number of rotatable bonds is 6. The number of hydrogen-bond acceptors (Lipinski definition) is 3.